The van der Waals surface area contributed by atoms with Crippen LogP contribution >= 0.6 is 0 Å². The minimum atomic E-state index is -0.112. The molecule has 3 saturated heterocycles. The molecule has 1 aromatic carbocycles. The van der Waals surface area contributed by atoms with Gasteiger partial charge in [0.15, 0.2) is 0 Å². The van der Waals surface area contributed by atoms with Crippen LogP contribution in [0.15, 0.2) is 12.1 Å². The minimum absolute atomic E-state index is 0.112. The molecule has 3 aliphatic rings. The lowest BCUT2D eigenvalue weighted by Crippen LogP contribution is -2.35. The zero-order valence-electron chi connectivity index (χ0n) is 16.8. The molecule has 29 heavy (non-hydrogen) atoms. The second kappa shape index (κ2) is 7.50. The summed E-state index contributed by atoms with van der Waals surface area (Å²) < 4.78 is 16.6. The van der Waals surface area contributed by atoms with Gasteiger partial charge in [-0.2, -0.15) is 0 Å². The van der Waals surface area contributed by atoms with Gasteiger partial charge in [-0.3, -0.25) is 5.32 Å². The molecular formula is C21H28N4O4. The molecule has 1 spiro atoms. The number of rotatable bonds is 3. The molecule has 1 aromatic heterocycles. The Morgan fingerprint density at radius 1 is 1.28 bits per heavy atom. The number of carbonyl (C=O) groups is 1. The fourth-order valence-corrected chi connectivity index (χ4v) is 4.92. The summed E-state index contributed by atoms with van der Waals surface area (Å²) >= 11 is 0. The molecule has 8 nitrogen and oxygen atoms in total. The van der Waals surface area contributed by atoms with Gasteiger partial charge in [0.2, 0.25) is 5.95 Å². The van der Waals surface area contributed by atoms with Gasteiger partial charge in [0.05, 0.1) is 19.2 Å². The van der Waals surface area contributed by atoms with Gasteiger partial charge in [0.25, 0.3) is 0 Å². The van der Waals surface area contributed by atoms with Crippen LogP contribution in [0.1, 0.15) is 37.2 Å². The van der Waals surface area contributed by atoms with E-state index >= 15 is 0 Å². The molecule has 0 aliphatic carbocycles. The number of carbonyl (C=O) groups excluding carboxylic acids is 1. The maximum atomic E-state index is 12.8. The van der Waals surface area contributed by atoms with Crippen LogP contribution in [0.2, 0.25) is 0 Å². The van der Waals surface area contributed by atoms with Crippen LogP contribution < -0.4 is 10.1 Å². The minimum Gasteiger partial charge on any atom is -0.494 e. The highest BCUT2D eigenvalue weighted by Crippen LogP contribution is 2.39. The molecule has 0 bridgehead atoms. The normalized spacial score (nSPS) is 25.2. The van der Waals surface area contributed by atoms with Crippen molar-refractivity contribution in [2.75, 3.05) is 51.9 Å². The zero-order chi connectivity index (χ0) is 19.8. The van der Waals surface area contributed by atoms with E-state index in [1.54, 1.807) is 7.11 Å². The summed E-state index contributed by atoms with van der Waals surface area (Å²) in [7, 11) is 1.65. The average Bonchev–Trinajstić information content (AvgIpc) is 3.48. The van der Waals surface area contributed by atoms with Crippen molar-refractivity contribution < 1.29 is 19.0 Å². The van der Waals surface area contributed by atoms with Crippen molar-refractivity contribution in [3.8, 4) is 5.75 Å². The molecule has 2 amide bonds. The summed E-state index contributed by atoms with van der Waals surface area (Å²) in [6, 6.07) is 3.95. The smallest absolute Gasteiger partial charge is 0.324 e. The van der Waals surface area contributed by atoms with Gasteiger partial charge in [-0.1, -0.05) is 6.07 Å². The first kappa shape index (κ1) is 18.7. The van der Waals surface area contributed by atoms with Crippen LogP contribution in [0.5, 0.6) is 5.75 Å². The van der Waals surface area contributed by atoms with E-state index in [9.17, 15) is 4.79 Å². The van der Waals surface area contributed by atoms with Crippen LogP contribution in [-0.2, 0) is 9.47 Å². The Kier molecular flexibility index (Phi) is 4.83. The largest absolute Gasteiger partial charge is 0.494 e. The van der Waals surface area contributed by atoms with Crippen molar-refractivity contribution in [2.24, 2.45) is 5.41 Å². The van der Waals surface area contributed by atoms with Crippen LogP contribution in [0, 0.1) is 5.41 Å². The predicted molar refractivity (Wildman–Crippen MR) is 109 cm³/mol. The maximum Gasteiger partial charge on any atom is 0.324 e. The third-order valence-electron chi connectivity index (χ3n) is 6.65. The Labute approximate surface area is 169 Å². The van der Waals surface area contributed by atoms with Gasteiger partial charge >= 0.3 is 6.03 Å². The summed E-state index contributed by atoms with van der Waals surface area (Å²) in [5.41, 5.74) is 3.02. The number of H-pyrrole nitrogens is 1. The van der Waals surface area contributed by atoms with Crippen LogP contribution in [0.25, 0.3) is 11.0 Å². The molecular weight excluding hydrogens is 372 g/mol. The number of aromatic amines is 1. The molecule has 4 heterocycles. The average molecular weight is 400 g/mol. The van der Waals surface area contributed by atoms with Gasteiger partial charge in [-0.25, -0.2) is 9.78 Å². The van der Waals surface area contributed by atoms with Crippen LogP contribution in [0.3, 0.4) is 0 Å². The number of likely N-dealkylation sites (tertiary alicyclic amines) is 1. The summed E-state index contributed by atoms with van der Waals surface area (Å²) in [5, 5.41) is 2.96. The molecule has 3 fully saturated rings. The van der Waals surface area contributed by atoms with Crippen molar-refractivity contribution in [1.82, 2.24) is 14.9 Å². The Bertz CT molecular complexity index is 899. The van der Waals surface area contributed by atoms with Crippen molar-refractivity contribution in [2.45, 2.75) is 31.6 Å². The van der Waals surface area contributed by atoms with E-state index in [4.69, 9.17) is 19.2 Å². The van der Waals surface area contributed by atoms with E-state index in [1.807, 2.05) is 11.0 Å². The first-order chi connectivity index (χ1) is 14.2. The van der Waals surface area contributed by atoms with Gasteiger partial charge in [0, 0.05) is 38.3 Å². The monoisotopic (exact) mass is 400 g/mol. The highest BCUT2D eigenvalue weighted by molar-refractivity contribution is 5.92. The molecule has 0 saturated carbocycles. The quantitative estimate of drug-likeness (QED) is 0.826. The van der Waals surface area contributed by atoms with Crippen molar-refractivity contribution in [3.63, 3.8) is 0 Å². The summed E-state index contributed by atoms with van der Waals surface area (Å²) in [4.78, 5) is 22.7. The van der Waals surface area contributed by atoms with E-state index in [-0.39, 0.29) is 11.4 Å². The van der Waals surface area contributed by atoms with Gasteiger partial charge in [0.1, 0.15) is 11.3 Å². The second-order valence-electron chi connectivity index (χ2n) is 8.46. The highest BCUT2D eigenvalue weighted by atomic mass is 16.5. The van der Waals surface area contributed by atoms with Crippen LogP contribution in [-0.4, -0.2) is 67.5 Å². The Morgan fingerprint density at radius 3 is 2.90 bits per heavy atom. The highest BCUT2D eigenvalue weighted by Gasteiger charge is 2.42. The summed E-state index contributed by atoms with van der Waals surface area (Å²) in [5.74, 6) is 1.60. The van der Waals surface area contributed by atoms with Gasteiger partial charge < -0.3 is 24.1 Å². The molecule has 156 valence electrons. The van der Waals surface area contributed by atoms with Crippen molar-refractivity contribution >= 4 is 23.0 Å². The number of anilines is 1. The van der Waals surface area contributed by atoms with E-state index in [0.717, 1.165) is 82.0 Å². The van der Waals surface area contributed by atoms with E-state index in [2.05, 4.69) is 16.4 Å². The molecule has 1 unspecified atom stereocenters. The lowest BCUT2D eigenvalue weighted by Gasteiger charge is -2.22. The third-order valence-corrected chi connectivity index (χ3v) is 6.65. The number of aromatic nitrogens is 2. The number of ether oxygens (including phenoxy) is 3. The molecule has 0 radical (unpaired) electrons. The number of nitrogens with zero attached hydrogens (tertiary/aromatic N) is 2. The summed E-state index contributed by atoms with van der Waals surface area (Å²) in [6.07, 6.45) is 4.00. The number of hydrogen-bond acceptors (Lipinski definition) is 5. The number of methoxy groups -OCH3 is 1. The number of hydrogen-bond donors (Lipinski definition) is 2. The predicted octanol–water partition coefficient (Wildman–Crippen LogP) is 3.11. The lowest BCUT2D eigenvalue weighted by atomic mass is 9.87. The second-order valence-corrected chi connectivity index (χ2v) is 8.46. The van der Waals surface area contributed by atoms with Gasteiger partial charge in [-0.05, 0) is 43.2 Å². The maximum absolute atomic E-state index is 12.8. The molecule has 8 heteroatoms. The Balaban J connectivity index is 1.38. The SMILES string of the molecule is COc1ccc(C2CCOCC2)c2nc(NC(=O)N3CCC4(CCOC4)C3)[nH]c12. The molecule has 3 aliphatic heterocycles. The number of amides is 2. The summed E-state index contributed by atoms with van der Waals surface area (Å²) in [6.45, 7) is 4.60. The fraction of sp³-hybridized carbons (Fsp3) is 0.619. The molecule has 5 rings (SSSR count). The molecule has 1 atom stereocenters. The third kappa shape index (κ3) is 3.44. The fourth-order valence-electron chi connectivity index (χ4n) is 4.92. The number of urea groups is 1. The van der Waals surface area contributed by atoms with E-state index in [0.29, 0.717) is 11.9 Å². The first-order valence-corrected chi connectivity index (χ1v) is 10.5. The molecule has 2 N–H and O–H groups in total. The Morgan fingerprint density at radius 2 is 2.14 bits per heavy atom. The zero-order valence-corrected chi connectivity index (χ0v) is 16.8. The van der Waals surface area contributed by atoms with Crippen LogP contribution in [0.4, 0.5) is 10.7 Å². The number of benzene rings is 1. The van der Waals surface area contributed by atoms with E-state index < -0.39 is 0 Å². The first-order valence-electron chi connectivity index (χ1n) is 10.5. The number of nitrogens with one attached hydrogen (secondary N) is 2. The molecule has 2 aromatic rings. The van der Waals surface area contributed by atoms with Gasteiger partial charge in [-0.15, -0.1) is 0 Å². The lowest BCUT2D eigenvalue weighted by molar-refractivity contribution is 0.0856. The van der Waals surface area contributed by atoms with Crippen molar-refractivity contribution in [1.29, 1.82) is 0 Å². The van der Waals surface area contributed by atoms with E-state index in [1.165, 1.54) is 5.56 Å². The standard InChI is InChI=1S/C21H28N4O4/c1-27-16-3-2-15(14-4-9-28-10-5-14)17-18(16)23-19(22-17)24-20(26)25-8-6-21(12-25)7-11-29-13-21/h2-3,14H,4-13H2,1H3,(H2,22,23,24,26). The Hall–Kier alpha value is -2.32. The number of fused-ring (bicyclic) bond motifs is 1. The van der Waals surface area contributed by atoms with Crippen molar-refractivity contribution in [3.05, 3.63) is 17.7 Å². The number of imidazole rings is 1. The topological polar surface area (TPSA) is 88.7 Å².